The molecule has 2 aliphatic rings. The van der Waals surface area contributed by atoms with Crippen LogP contribution in [0.2, 0.25) is 0 Å². The van der Waals surface area contributed by atoms with Gasteiger partial charge in [0.15, 0.2) is 0 Å². The Morgan fingerprint density at radius 2 is 1.95 bits per heavy atom. The maximum Gasteiger partial charge on any atom is 0.0362 e. The topological polar surface area (TPSA) is 29.3 Å². The smallest absolute Gasteiger partial charge is 0.0362 e. The first-order chi connectivity index (χ1) is 10.3. The summed E-state index contributed by atoms with van der Waals surface area (Å²) in [4.78, 5) is 2.52. The van der Waals surface area contributed by atoms with Gasteiger partial charge in [-0.1, -0.05) is 36.4 Å². The van der Waals surface area contributed by atoms with Crippen LogP contribution in [0.5, 0.6) is 0 Å². The molecule has 0 atom stereocenters. The van der Waals surface area contributed by atoms with Gasteiger partial charge in [-0.05, 0) is 53.5 Å². The lowest BCUT2D eigenvalue weighted by atomic mass is 9.97. The van der Waals surface area contributed by atoms with Crippen molar-refractivity contribution in [3.8, 4) is 0 Å². The molecule has 2 aromatic rings. The van der Waals surface area contributed by atoms with E-state index in [4.69, 9.17) is 5.73 Å². The van der Waals surface area contributed by atoms with Crippen molar-refractivity contribution in [3.63, 3.8) is 0 Å². The Balaban J connectivity index is 1.51. The van der Waals surface area contributed by atoms with Crippen LogP contribution in [-0.2, 0) is 19.5 Å². The minimum Gasteiger partial charge on any atom is -0.398 e. The standard InChI is InChI=1S/C19H22N2/c20-19-6-2-4-16-9-10-21(13-18(16)19)12-14-3-1-5-17(11-14)15-7-8-15/h1-6,11,15H,7-10,12-13,20H2. The highest BCUT2D eigenvalue weighted by atomic mass is 15.1. The van der Waals surface area contributed by atoms with E-state index in [0.29, 0.717) is 0 Å². The molecular weight excluding hydrogens is 256 g/mol. The fourth-order valence-corrected chi connectivity index (χ4v) is 3.42. The highest BCUT2D eigenvalue weighted by molar-refractivity contribution is 5.51. The van der Waals surface area contributed by atoms with Crippen LogP contribution in [0.3, 0.4) is 0 Å². The van der Waals surface area contributed by atoms with Crippen molar-refractivity contribution in [1.29, 1.82) is 0 Å². The van der Waals surface area contributed by atoms with E-state index in [9.17, 15) is 0 Å². The molecule has 21 heavy (non-hydrogen) atoms. The largest absolute Gasteiger partial charge is 0.398 e. The molecule has 2 nitrogen and oxygen atoms in total. The third-order valence-electron chi connectivity index (χ3n) is 4.79. The Morgan fingerprint density at radius 1 is 1.10 bits per heavy atom. The summed E-state index contributed by atoms with van der Waals surface area (Å²) in [5.74, 6) is 0.836. The summed E-state index contributed by atoms with van der Waals surface area (Å²) < 4.78 is 0. The fraction of sp³-hybridized carbons (Fsp3) is 0.368. The Bertz CT molecular complexity index is 658. The SMILES string of the molecule is Nc1cccc2c1CN(Cc1cccc(C3CC3)c1)CC2. The number of nitrogens with two attached hydrogens (primary N) is 1. The van der Waals surface area contributed by atoms with E-state index in [1.165, 1.54) is 35.1 Å². The summed E-state index contributed by atoms with van der Waals surface area (Å²) in [5.41, 5.74) is 12.8. The Labute approximate surface area is 126 Å². The zero-order chi connectivity index (χ0) is 14.2. The Morgan fingerprint density at radius 3 is 2.81 bits per heavy atom. The maximum absolute atomic E-state index is 6.14. The molecule has 0 unspecified atom stereocenters. The maximum atomic E-state index is 6.14. The van der Waals surface area contributed by atoms with E-state index in [1.54, 1.807) is 0 Å². The Hall–Kier alpha value is -1.80. The predicted octanol–water partition coefficient (Wildman–Crippen LogP) is 3.70. The predicted molar refractivity (Wildman–Crippen MR) is 87.1 cm³/mol. The summed E-state index contributed by atoms with van der Waals surface area (Å²) in [6.07, 6.45) is 3.86. The normalized spacial score (nSPS) is 18.5. The molecular formula is C19H22N2. The van der Waals surface area contributed by atoms with Gasteiger partial charge in [0.25, 0.3) is 0 Å². The van der Waals surface area contributed by atoms with Crippen molar-refractivity contribution in [1.82, 2.24) is 4.90 Å². The zero-order valence-corrected chi connectivity index (χ0v) is 12.4. The third kappa shape index (κ3) is 2.68. The first kappa shape index (κ1) is 12.9. The van der Waals surface area contributed by atoms with Gasteiger partial charge in [0.05, 0.1) is 0 Å². The minimum atomic E-state index is 0.836. The molecule has 0 spiro atoms. The molecule has 108 valence electrons. The number of fused-ring (bicyclic) bond motifs is 1. The van der Waals surface area contributed by atoms with Gasteiger partial charge < -0.3 is 5.73 Å². The second-order valence-electron chi connectivity index (χ2n) is 6.46. The summed E-state index contributed by atoms with van der Waals surface area (Å²) in [5, 5.41) is 0. The van der Waals surface area contributed by atoms with Gasteiger partial charge in [-0.15, -0.1) is 0 Å². The molecule has 0 aromatic heterocycles. The highest BCUT2D eigenvalue weighted by Crippen LogP contribution is 2.40. The molecule has 1 aliphatic carbocycles. The average Bonchev–Trinajstić information content (AvgIpc) is 3.33. The molecule has 1 aliphatic heterocycles. The number of rotatable bonds is 3. The van der Waals surface area contributed by atoms with Crippen molar-refractivity contribution < 1.29 is 0 Å². The van der Waals surface area contributed by atoms with Crippen LogP contribution < -0.4 is 5.73 Å². The molecule has 0 bridgehead atoms. The van der Waals surface area contributed by atoms with Gasteiger partial charge in [0.2, 0.25) is 0 Å². The lowest BCUT2D eigenvalue weighted by Crippen LogP contribution is -2.30. The van der Waals surface area contributed by atoms with Gasteiger partial charge in [-0.3, -0.25) is 4.90 Å². The quantitative estimate of drug-likeness (QED) is 0.867. The van der Waals surface area contributed by atoms with Gasteiger partial charge in [0.1, 0.15) is 0 Å². The van der Waals surface area contributed by atoms with Crippen molar-refractivity contribution in [3.05, 3.63) is 64.7 Å². The van der Waals surface area contributed by atoms with Gasteiger partial charge in [-0.25, -0.2) is 0 Å². The molecule has 4 rings (SSSR count). The van der Waals surface area contributed by atoms with Crippen LogP contribution in [-0.4, -0.2) is 11.4 Å². The second kappa shape index (κ2) is 5.19. The lowest BCUT2D eigenvalue weighted by molar-refractivity contribution is 0.246. The van der Waals surface area contributed by atoms with Crippen LogP contribution in [0.1, 0.15) is 41.0 Å². The van der Waals surface area contributed by atoms with Gasteiger partial charge in [-0.2, -0.15) is 0 Å². The number of hydrogen-bond donors (Lipinski definition) is 1. The molecule has 0 radical (unpaired) electrons. The van der Waals surface area contributed by atoms with Crippen LogP contribution >= 0.6 is 0 Å². The average molecular weight is 278 g/mol. The van der Waals surface area contributed by atoms with Crippen molar-refractivity contribution in [2.75, 3.05) is 12.3 Å². The Kier molecular flexibility index (Phi) is 3.19. The number of benzene rings is 2. The van der Waals surface area contributed by atoms with Gasteiger partial charge in [0, 0.05) is 25.3 Å². The van der Waals surface area contributed by atoms with E-state index >= 15 is 0 Å². The molecule has 2 N–H and O–H groups in total. The first-order valence-corrected chi connectivity index (χ1v) is 7.97. The van der Waals surface area contributed by atoms with Crippen molar-refractivity contribution in [2.45, 2.75) is 38.3 Å². The molecule has 1 saturated carbocycles. The van der Waals surface area contributed by atoms with Crippen LogP contribution in [0, 0.1) is 0 Å². The van der Waals surface area contributed by atoms with Crippen LogP contribution in [0.15, 0.2) is 42.5 Å². The summed E-state index contributed by atoms with van der Waals surface area (Å²) in [6.45, 7) is 3.15. The molecule has 2 aromatic carbocycles. The molecule has 2 heteroatoms. The van der Waals surface area contributed by atoms with E-state index in [1.807, 2.05) is 6.07 Å². The zero-order valence-electron chi connectivity index (χ0n) is 12.4. The molecule has 0 amide bonds. The number of anilines is 1. The molecule has 1 heterocycles. The van der Waals surface area contributed by atoms with Crippen LogP contribution in [0.25, 0.3) is 0 Å². The van der Waals surface area contributed by atoms with Crippen LogP contribution in [0.4, 0.5) is 5.69 Å². The number of nitrogen functional groups attached to an aromatic ring is 1. The third-order valence-corrected chi connectivity index (χ3v) is 4.79. The van der Waals surface area contributed by atoms with E-state index in [2.05, 4.69) is 41.3 Å². The fourth-order valence-electron chi connectivity index (χ4n) is 3.42. The second-order valence-corrected chi connectivity index (χ2v) is 6.46. The monoisotopic (exact) mass is 278 g/mol. The highest BCUT2D eigenvalue weighted by Gasteiger charge is 2.24. The number of hydrogen-bond acceptors (Lipinski definition) is 2. The van der Waals surface area contributed by atoms with E-state index in [-0.39, 0.29) is 0 Å². The molecule has 1 fully saturated rings. The van der Waals surface area contributed by atoms with E-state index in [0.717, 1.165) is 37.7 Å². The van der Waals surface area contributed by atoms with E-state index < -0.39 is 0 Å². The van der Waals surface area contributed by atoms with Crippen molar-refractivity contribution >= 4 is 5.69 Å². The summed E-state index contributed by atoms with van der Waals surface area (Å²) >= 11 is 0. The van der Waals surface area contributed by atoms with Crippen molar-refractivity contribution in [2.24, 2.45) is 0 Å². The number of nitrogens with zero attached hydrogens (tertiary/aromatic N) is 1. The summed E-state index contributed by atoms with van der Waals surface area (Å²) in [7, 11) is 0. The molecule has 0 saturated heterocycles. The minimum absolute atomic E-state index is 0.836. The van der Waals surface area contributed by atoms with Gasteiger partial charge >= 0.3 is 0 Å². The summed E-state index contributed by atoms with van der Waals surface area (Å²) in [6, 6.07) is 15.5. The first-order valence-electron chi connectivity index (χ1n) is 7.97. The lowest BCUT2D eigenvalue weighted by Gasteiger charge is -2.29.